The molecule has 0 N–H and O–H groups in total. The molecule has 0 aliphatic rings. The Morgan fingerprint density at radius 3 is 2.60 bits per heavy atom. The molecule has 0 bridgehead atoms. The van der Waals surface area contributed by atoms with Gasteiger partial charge in [0.1, 0.15) is 0 Å². The van der Waals surface area contributed by atoms with Crippen LogP contribution in [-0.4, -0.2) is 22.3 Å². The molecule has 0 amide bonds. The van der Waals surface area contributed by atoms with E-state index in [0.717, 1.165) is 22.7 Å². The van der Waals surface area contributed by atoms with E-state index >= 15 is 0 Å². The van der Waals surface area contributed by atoms with E-state index in [2.05, 4.69) is 16.0 Å². The van der Waals surface area contributed by atoms with Crippen molar-refractivity contribution >= 4 is 22.3 Å². The number of rotatable bonds is 2. The van der Waals surface area contributed by atoms with Crippen LogP contribution in [0.4, 0.5) is 0 Å². The van der Waals surface area contributed by atoms with Crippen molar-refractivity contribution in [2.24, 2.45) is 0 Å². The van der Waals surface area contributed by atoms with Crippen LogP contribution < -0.4 is 0 Å². The Labute approximate surface area is 68.3 Å². The summed E-state index contributed by atoms with van der Waals surface area (Å²) in [5.41, 5.74) is 1.85. The summed E-state index contributed by atoms with van der Waals surface area (Å²) in [6.07, 6.45) is 0.882. The van der Waals surface area contributed by atoms with Gasteiger partial charge < -0.3 is 0 Å². The van der Waals surface area contributed by atoms with Gasteiger partial charge in [-0.25, -0.2) is 0 Å². The van der Waals surface area contributed by atoms with Gasteiger partial charge in [-0.05, 0) is 0 Å². The molecule has 0 spiro atoms. The number of hydrogen-bond acceptors (Lipinski definition) is 1. The fourth-order valence-corrected chi connectivity index (χ4v) is 1.33. The van der Waals surface area contributed by atoms with Crippen molar-refractivity contribution in [1.82, 2.24) is 0 Å². The van der Waals surface area contributed by atoms with E-state index < -0.39 is 0 Å². The van der Waals surface area contributed by atoms with Crippen molar-refractivity contribution in [2.75, 3.05) is 0 Å². The molecule has 0 atom stereocenters. The van der Waals surface area contributed by atoms with Crippen LogP contribution >= 0.6 is 0 Å². The Morgan fingerprint density at radius 1 is 1.40 bits per heavy atom. The second-order valence-electron chi connectivity index (χ2n) is 1.96. The molecule has 0 saturated heterocycles. The molecule has 1 aromatic carbocycles. The first-order chi connectivity index (χ1) is 4.88. The Balaban J connectivity index is 3.08. The van der Waals surface area contributed by atoms with Crippen molar-refractivity contribution in [3.05, 3.63) is 35.4 Å². The summed E-state index contributed by atoms with van der Waals surface area (Å²) < 4.78 is 0. The number of benzene rings is 1. The van der Waals surface area contributed by atoms with Crippen LogP contribution in [0.2, 0.25) is 0 Å². The molecule has 0 aromatic heterocycles. The van der Waals surface area contributed by atoms with Crippen LogP contribution in [-0.2, 0) is 5.32 Å². The van der Waals surface area contributed by atoms with Crippen molar-refractivity contribution < 1.29 is 4.79 Å². The predicted molar refractivity (Wildman–Crippen MR) is 41.3 cm³/mol. The number of aldehydes is 1. The number of carbonyl (C=O) groups is 1. The van der Waals surface area contributed by atoms with Gasteiger partial charge in [0.15, 0.2) is 0 Å². The van der Waals surface area contributed by atoms with Crippen LogP contribution in [0.3, 0.4) is 0 Å². The van der Waals surface area contributed by atoms with Crippen LogP contribution in [0.5, 0.6) is 0 Å². The van der Waals surface area contributed by atoms with E-state index in [-0.39, 0.29) is 0 Å². The maximum absolute atomic E-state index is 10.4. The normalized spacial score (nSPS) is 9.30. The molecule has 0 heterocycles. The first kappa shape index (κ1) is 7.52. The van der Waals surface area contributed by atoms with E-state index in [1.54, 1.807) is 0 Å². The average Bonchev–Trinajstić information content (AvgIpc) is 2.04. The van der Waals surface area contributed by atoms with Gasteiger partial charge >= 0.3 is 67.8 Å². The standard InChI is InChI=1S/C8H7OSe/c9-5-7-3-1-2-4-8(7)6-10/h1-5H,6H2. The first-order valence-corrected chi connectivity index (χ1v) is 4.21. The van der Waals surface area contributed by atoms with E-state index in [0.29, 0.717) is 0 Å². The summed E-state index contributed by atoms with van der Waals surface area (Å²) in [7, 11) is 0. The molecule has 2 heteroatoms. The second kappa shape index (κ2) is 3.55. The fourth-order valence-electron chi connectivity index (χ4n) is 0.781. The topological polar surface area (TPSA) is 17.1 Å². The van der Waals surface area contributed by atoms with Crippen molar-refractivity contribution in [3.63, 3.8) is 0 Å². The van der Waals surface area contributed by atoms with E-state index in [1.807, 2.05) is 24.3 Å². The maximum atomic E-state index is 10.4. The zero-order chi connectivity index (χ0) is 7.40. The SMILES string of the molecule is O=Cc1ccccc1C[Se]. The van der Waals surface area contributed by atoms with Crippen molar-refractivity contribution in [2.45, 2.75) is 5.32 Å². The zero-order valence-corrected chi connectivity index (χ0v) is 7.12. The van der Waals surface area contributed by atoms with Crippen LogP contribution in [0.25, 0.3) is 0 Å². The summed E-state index contributed by atoms with van der Waals surface area (Å²) >= 11 is 2.87. The van der Waals surface area contributed by atoms with Gasteiger partial charge in [0, 0.05) is 0 Å². The minimum atomic E-state index is 0.779. The summed E-state index contributed by atoms with van der Waals surface area (Å²) in [6.45, 7) is 0. The average molecular weight is 198 g/mol. The van der Waals surface area contributed by atoms with Crippen molar-refractivity contribution in [3.8, 4) is 0 Å². The summed E-state index contributed by atoms with van der Waals surface area (Å²) in [5, 5.41) is 0.801. The molecule has 51 valence electrons. The molecule has 0 saturated carbocycles. The van der Waals surface area contributed by atoms with Crippen LogP contribution in [0.1, 0.15) is 15.9 Å². The van der Waals surface area contributed by atoms with Crippen LogP contribution in [0.15, 0.2) is 24.3 Å². The van der Waals surface area contributed by atoms with Gasteiger partial charge in [-0.3, -0.25) is 0 Å². The fraction of sp³-hybridized carbons (Fsp3) is 0.125. The Kier molecular flexibility index (Phi) is 2.67. The molecular formula is C8H7OSe. The van der Waals surface area contributed by atoms with Crippen LogP contribution in [0, 0.1) is 0 Å². The minimum absolute atomic E-state index is 0.779. The molecule has 0 aliphatic heterocycles. The van der Waals surface area contributed by atoms with Gasteiger partial charge in [-0.1, -0.05) is 0 Å². The van der Waals surface area contributed by atoms with Gasteiger partial charge in [0.25, 0.3) is 0 Å². The molecular weight excluding hydrogens is 191 g/mol. The van der Waals surface area contributed by atoms with E-state index in [9.17, 15) is 4.79 Å². The third-order valence-corrected chi connectivity index (χ3v) is 1.99. The van der Waals surface area contributed by atoms with Gasteiger partial charge in [-0.15, -0.1) is 0 Å². The Bertz CT molecular complexity index is 232. The molecule has 0 unspecified atom stereocenters. The van der Waals surface area contributed by atoms with E-state index in [4.69, 9.17) is 0 Å². The molecule has 10 heavy (non-hydrogen) atoms. The van der Waals surface area contributed by atoms with Gasteiger partial charge in [-0.2, -0.15) is 0 Å². The Morgan fingerprint density at radius 2 is 2.10 bits per heavy atom. The summed E-state index contributed by atoms with van der Waals surface area (Å²) in [6, 6.07) is 7.56. The summed E-state index contributed by atoms with van der Waals surface area (Å²) in [5.74, 6) is 0. The molecule has 0 aliphatic carbocycles. The molecule has 1 rings (SSSR count). The zero-order valence-electron chi connectivity index (χ0n) is 5.41. The Hall–Kier alpha value is -0.591. The second-order valence-corrected chi connectivity index (χ2v) is 2.57. The third kappa shape index (κ3) is 1.47. The molecule has 1 nitrogen and oxygen atoms in total. The summed E-state index contributed by atoms with van der Waals surface area (Å²) in [4.78, 5) is 10.4. The predicted octanol–water partition coefficient (Wildman–Crippen LogP) is 1.17. The monoisotopic (exact) mass is 199 g/mol. The third-order valence-electron chi connectivity index (χ3n) is 1.34. The van der Waals surface area contributed by atoms with E-state index in [1.165, 1.54) is 0 Å². The van der Waals surface area contributed by atoms with Gasteiger partial charge in [0.2, 0.25) is 0 Å². The van der Waals surface area contributed by atoms with Crippen molar-refractivity contribution in [1.29, 1.82) is 0 Å². The quantitative estimate of drug-likeness (QED) is 0.515. The number of carbonyl (C=O) groups excluding carboxylic acids is 1. The molecule has 1 radical (unpaired) electrons. The first-order valence-electron chi connectivity index (χ1n) is 2.99. The number of hydrogen-bond donors (Lipinski definition) is 0. The molecule has 1 aromatic rings. The van der Waals surface area contributed by atoms with Gasteiger partial charge in [0.05, 0.1) is 0 Å². The molecule has 0 fully saturated rings.